The zero-order valence-corrected chi connectivity index (χ0v) is 20.1. The first-order valence-electron chi connectivity index (χ1n) is 11.7. The van der Waals surface area contributed by atoms with Crippen LogP contribution in [0.25, 0.3) is 0 Å². The molecule has 1 unspecified atom stereocenters. The number of Topliss-reactive ketones (excluding diaryl/α,β-unsaturated/α-hetero) is 1. The molecule has 0 spiro atoms. The molecule has 8 heteroatoms. The van der Waals surface area contributed by atoms with Gasteiger partial charge in [0.1, 0.15) is 18.3 Å². The van der Waals surface area contributed by atoms with Gasteiger partial charge in [-0.3, -0.25) is 24.1 Å². The van der Waals surface area contributed by atoms with Crippen molar-refractivity contribution in [2.24, 2.45) is 0 Å². The van der Waals surface area contributed by atoms with Crippen LogP contribution < -0.4 is 15.0 Å². The maximum atomic E-state index is 13.6. The van der Waals surface area contributed by atoms with E-state index in [1.807, 2.05) is 37.3 Å². The predicted octanol–water partition coefficient (Wildman–Crippen LogP) is 3.67. The highest BCUT2D eigenvalue weighted by Crippen LogP contribution is 2.29. The summed E-state index contributed by atoms with van der Waals surface area (Å²) >= 11 is 0. The first-order valence-corrected chi connectivity index (χ1v) is 11.7. The molecule has 0 aliphatic carbocycles. The summed E-state index contributed by atoms with van der Waals surface area (Å²) in [6.45, 7) is 1.65. The van der Waals surface area contributed by atoms with Crippen LogP contribution in [-0.4, -0.2) is 48.1 Å². The molecular formula is C28H27N3O5. The minimum absolute atomic E-state index is 0.172. The Kier molecular flexibility index (Phi) is 7.44. The van der Waals surface area contributed by atoms with Gasteiger partial charge in [-0.1, -0.05) is 49.4 Å². The molecule has 0 radical (unpaired) electrons. The Labute approximate surface area is 209 Å². The van der Waals surface area contributed by atoms with Crippen LogP contribution in [0.5, 0.6) is 5.75 Å². The van der Waals surface area contributed by atoms with E-state index in [4.69, 9.17) is 4.74 Å². The number of ether oxygens (including phenoxy) is 1. The van der Waals surface area contributed by atoms with Gasteiger partial charge in [-0.05, 0) is 48.4 Å². The van der Waals surface area contributed by atoms with E-state index in [9.17, 15) is 19.2 Å². The molecule has 4 rings (SSSR count). The number of methoxy groups -OCH3 is 1. The van der Waals surface area contributed by atoms with Gasteiger partial charge in [0.15, 0.2) is 0 Å². The van der Waals surface area contributed by atoms with Crippen LogP contribution in [0.4, 0.5) is 11.4 Å². The zero-order chi connectivity index (χ0) is 25.7. The van der Waals surface area contributed by atoms with E-state index in [-0.39, 0.29) is 24.6 Å². The number of ketones is 1. The topological polar surface area (TPSA) is 96.0 Å². The molecule has 1 N–H and O–H groups in total. The highest BCUT2D eigenvalue weighted by atomic mass is 16.5. The number of para-hydroxylation sites is 1. The number of nitrogens with zero attached hydrogens (tertiary/aromatic N) is 2. The van der Waals surface area contributed by atoms with E-state index >= 15 is 0 Å². The van der Waals surface area contributed by atoms with Crippen molar-refractivity contribution in [2.45, 2.75) is 25.9 Å². The van der Waals surface area contributed by atoms with E-state index < -0.39 is 23.6 Å². The Morgan fingerprint density at radius 3 is 2.28 bits per heavy atom. The normalized spacial score (nSPS) is 13.2. The molecular weight excluding hydrogens is 458 g/mol. The SMILES string of the molecule is CCC(C(=O)Nc1ccc(OC)cc1)N(Cc1ccccc1)C(=O)CN1C(=O)C(=O)c2ccccc21. The number of hydrogen-bond donors (Lipinski definition) is 1. The quantitative estimate of drug-likeness (QED) is 0.467. The van der Waals surface area contributed by atoms with Crippen molar-refractivity contribution in [1.29, 1.82) is 0 Å². The second-order valence-electron chi connectivity index (χ2n) is 8.39. The molecule has 36 heavy (non-hydrogen) atoms. The Balaban J connectivity index is 1.59. The molecule has 3 amide bonds. The molecule has 3 aromatic carbocycles. The number of benzene rings is 3. The van der Waals surface area contributed by atoms with Gasteiger partial charge >= 0.3 is 0 Å². The van der Waals surface area contributed by atoms with Gasteiger partial charge in [0, 0.05) is 12.2 Å². The van der Waals surface area contributed by atoms with Crippen molar-refractivity contribution in [1.82, 2.24) is 4.90 Å². The minimum atomic E-state index is -0.802. The zero-order valence-electron chi connectivity index (χ0n) is 20.1. The van der Waals surface area contributed by atoms with Gasteiger partial charge < -0.3 is 15.0 Å². The van der Waals surface area contributed by atoms with E-state index in [0.717, 1.165) is 5.56 Å². The van der Waals surface area contributed by atoms with Crippen LogP contribution in [-0.2, 0) is 20.9 Å². The van der Waals surface area contributed by atoms with E-state index in [1.54, 1.807) is 55.6 Å². The summed E-state index contributed by atoms with van der Waals surface area (Å²) in [6, 6.07) is 22.0. The summed E-state index contributed by atoms with van der Waals surface area (Å²) in [5.41, 5.74) is 2.08. The number of hydrogen-bond acceptors (Lipinski definition) is 5. The molecule has 1 heterocycles. The van der Waals surface area contributed by atoms with Gasteiger partial charge in [-0.15, -0.1) is 0 Å². The second-order valence-corrected chi connectivity index (χ2v) is 8.39. The Hall–Kier alpha value is -4.46. The number of carbonyl (C=O) groups excluding carboxylic acids is 4. The lowest BCUT2D eigenvalue weighted by Crippen LogP contribution is -2.50. The number of anilines is 2. The number of rotatable bonds is 9. The molecule has 1 aliphatic heterocycles. The van der Waals surface area contributed by atoms with Gasteiger partial charge in [-0.25, -0.2) is 0 Å². The van der Waals surface area contributed by atoms with Crippen LogP contribution in [0.15, 0.2) is 78.9 Å². The lowest BCUT2D eigenvalue weighted by molar-refractivity contribution is -0.138. The van der Waals surface area contributed by atoms with E-state index in [2.05, 4.69) is 5.32 Å². The van der Waals surface area contributed by atoms with E-state index in [1.165, 1.54) is 9.80 Å². The van der Waals surface area contributed by atoms with Crippen molar-refractivity contribution >= 4 is 34.9 Å². The minimum Gasteiger partial charge on any atom is -0.497 e. The van der Waals surface area contributed by atoms with Crippen molar-refractivity contribution in [3.8, 4) is 5.75 Å². The van der Waals surface area contributed by atoms with Gasteiger partial charge in [0.05, 0.1) is 18.4 Å². The molecule has 0 bridgehead atoms. The van der Waals surface area contributed by atoms with Crippen LogP contribution in [0.2, 0.25) is 0 Å². The van der Waals surface area contributed by atoms with Crippen LogP contribution >= 0.6 is 0 Å². The van der Waals surface area contributed by atoms with Gasteiger partial charge in [-0.2, -0.15) is 0 Å². The number of carbonyl (C=O) groups is 4. The molecule has 0 aromatic heterocycles. The Morgan fingerprint density at radius 2 is 1.61 bits per heavy atom. The molecule has 0 saturated carbocycles. The number of nitrogens with one attached hydrogen (secondary N) is 1. The highest BCUT2D eigenvalue weighted by Gasteiger charge is 2.38. The van der Waals surface area contributed by atoms with E-state index in [0.29, 0.717) is 23.5 Å². The number of amides is 3. The smallest absolute Gasteiger partial charge is 0.299 e. The maximum absolute atomic E-state index is 13.6. The van der Waals surface area contributed by atoms with Crippen molar-refractivity contribution in [3.63, 3.8) is 0 Å². The van der Waals surface area contributed by atoms with Crippen molar-refractivity contribution in [3.05, 3.63) is 90.0 Å². The molecule has 0 fully saturated rings. The fourth-order valence-electron chi connectivity index (χ4n) is 4.23. The lowest BCUT2D eigenvalue weighted by atomic mass is 10.1. The van der Waals surface area contributed by atoms with Crippen molar-refractivity contribution < 1.29 is 23.9 Å². The third-order valence-corrected chi connectivity index (χ3v) is 6.11. The summed E-state index contributed by atoms with van der Waals surface area (Å²) in [4.78, 5) is 54.7. The summed E-state index contributed by atoms with van der Waals surface area (Å²) in [7, 11) is 1.56. The largest absolute Gasteiger partial charge is 0.497 e. The third kappa shape index (κ3) is 5.12. The average molecular weight is 486 g/mol. The summed E-state index contributed by atoms with van der Waals surface area (Å²) < 4.78 is 5.16. The summed E-state index contributed by atoms with van der Waals surface area (Å²) in [6.07, 6.45) is 0.351. The molecule has 184 valence electrons. The molecule has 8 nitrogen and oxygen atoms in total. The lowest BCUT2D eigenvalue weighted by Gasteiger charge is -2.32. The maximum Gasteiger partial charge on any atom is 0.299 e. The summed E-state index contributed by atoms with van der Waals surface area (Å²) in [5.74, 6) is -1.52. The van der Waals surface area contributed by atoms with Crippen LogP contribution in [0.3, 0.4) is 0 Å². The molecule has 1 atom stereocenters. The molecule has 0 saturated heterocycles. The second kappa shape index (κ2) is 10.9. The first kappa shape index (κ1) is 24.7. The Morgan fingerprint density at radius 1 is 0.944 bits per heavy atom. The fourth-order valence-corrected chi connectivity index (χ4v) is 4.23. The molecule has 3 aromatic rings. The number of fused-ring (bicyclic) bond motifs is 1. The highest BCUT2D eigenvalue weighted by molar-refractivity contribution is 6.52. The standard InChI is InChI=1S/C28H27N3O5/c1-3-23(27(34)29-20-13-15-21(36-2)16-14-20)30(17-19-9-5-4-6-10-19)25(32)18-31-24-12-8-7-11-22(24)26(33)28(31)35/h4-16,23H,3,17-18H2,1-2H3,(H,29,34). The van der Waals surface area contributed by atoms with Crippen LogP contribution in [0.1, 0.15) is 29.3 Å². The first-order chi connectivity index (χ1) is 17.4. The summed E-state index contributed by atoms with van der Waals surface area (Å²) in [5, 5.41) is 2.87. The van der Waals surface area contributed by atoms with Gasteiger partial charge in [0.2, 0.25) is 11.8 Å². The molecule has 1 aliphatic rings. The van der Waals surface area contributed by atoms with Gasteiger partial charge in [0.25, 0.3) is 11.7 Å². The predicted molar refractivity (Wildman–Crippen MR) is 136 cm³/mol. The van der Waals surface area contributed by atoms with Crippen molar-refractivity contribution in [2.75, 3.05) is 23.9 Å². The average Bonchev–Trinajstić information content (AvgIpc) is 3.14. The third-order valence-electron chi connectivity index (χ3n) is 6.11. The fraction of sp³-hybridized carbons (Fsp3) is 0.214. The van der Waals surface area contributed by atoms with Crippen LogP contribution in [0, 0.1) is 0 Å². The Bertz CT molecular complexity index is 1270. The monoisotopic (exact) mass is 485 g/mol.